The molecule has 0 aliphatic carbocycles. The van der Waals surface area contributed by atoms with Gasteiger partial charge in [0.2, 0.25) is 5.91 Å². The van der Waals surface area contributed by atoms with E-state index in [4.69, 9.17) is 4.74 Å². The Hall–Kier alpha value is -1.40. The van der Waals surface area contributed by atoms with Crippen molar-refractivity contribution in [3.8, 4) is 0 Å². The first-order valence-corrected chi connectivity index (χ1v) is 33.4. The Kier molecular flexibility index (Phi) is 61.9. The second-order valence-corrected chi connectivity index (χ2v) is 23.2. The molecule has 0 aromatic carbocycles. The first-order chi connectivity index (χ1) is 36.0. The summed E-state index contributed by atoms with van der Waals surface area (Å²) in [6.45, 7) is 4.97. The summed E-state index contributed by atoms with van der Waals surface area (Å²) in [5.41, 5.74) is 0. The molecule has 6 heteroatoms. The number of carbonyl (C=O) groups excluding carboxylic acids is 2. The van der Waals surface area contributed by atoms with Gasteiger partial charge in [-0.3, -0.25) is 9.59 Å². The molecule has 0 fully saturated rings. The Balaban J connectivity index is 3.41. The first kappa shape index (κ1) is 71.6. The third-order valence-electron chi connectivity index (χ3n) is 15.8. The van der Waals surface area contributed by atoms with Gasteiger partial charge in [-0.1, -0.05) is 328 Å². The van der Waals surface area contributed by atoms with Crippen molar-refractivity contribution >= 4 is 11.9 Å². The summed E-state index contributed by atoms with van der Waals surface area (Å²) in [4.78, 5) is 24.6. The van der Waals surface area contributed by atoms with Crippen LogP contribution in [0.5, 0.6) is 0 Å². The number of esters is 1. The molecule has 3 N–H and O–H groups in total. The fourth-order valence-electron chi connectivity index (χ4n) is 10.7. The van der Waals surface area contributed by atoms with E-state index in [0.717, 1.165) is 44.9 Å². The highest BCUT2D eigenvalue weighted by Crippen LogP contribution is 2.19. The Morgan fingerprint density at radius 3 is 0.973 bits per heavy atom. The summed E-state index contributed by atoms with van der Waals surface area (Å²) in [7, 11) is 0. The van der Waals surface area contributed by atoms with Crippen molar-refractivity contribution in [1.82, 2.24) is 5.32 Å². The highest BCUT2D eigenvalue weighted by molar-refractivity contribution is 5.76. The van der Waals surface area contributed by atoms with E-state index in [1.807, 2.05) is 0 Å². The second-order valence-electron chi connectivity index (χ2n) is 23.2. The summed E-state index contributed by atoms with van der Waals surface area (Å²) < 4.78 is 5.49. The predicted molar refractivity (Wildman–Crippen MR) is 320 cm³/mol. The molecule has 0 radical (unpaired) electrons. The normalized spacial score (nSPS) is 12.5. The van der Waals surface area contributed by atoms with Crippen LogP contribution in [0.25, 0.3) is 0 Å². The number of hydrogen-bond donors (Lipinski definition) is 3. The van der Waals surface area contributed by atoms with Crippen LogP contribution >= 0.6 is 0 Å². The van der Waals surface area contributed by atoms with Crippen molar-refractivity contribution < 1.29 is 24.5 Å². The van der Waals surface area contributed by atoms with Crippen molar-refractivity contribution in [3.05, 3.63) is 12.2 Å². The SMILES string of the molecule is CCCCCCCCC/C=C\CCCCCCCC(=O)OCCCCCCCCCCCCCCCCCCC(=O)NC(CO)C(O)CCCCCCCCCCCCCCCCCCCCCCCCCC. The molecule has 434 valence electrons. The van der Waals surface area contributed by atoms with Gasteiger partial charge in [-0.15, -0.1) is 0 Å². The minimum Gasteiger partial charge on any atom is -0.466 e. The standard InChI is InChI=1S/C67H131NO5/c1-3-5-7-9-11-13-15-17-19-21-22-23-24-25-26-27-28-31-35-39-43-47-51-55-59-65(70)64(63-69)68-66(71)60-56-52-48-44-40-36-32-29-30-34-38-42-46-50-54-58-62-73-67(72)61-57-53-49-45-41-37-33-20-18-16-14-12-10-8-6-4-2/h20,33,64-65,69-70H,3-19,21-32,34-63H2,1-2H3,(H,68,71)/b33-20-. The van der Waals surface area contributed by atoms with Gasteiger partial charge in [-0.05, 0) is 51.4 Å². The van der Waals surface area contributed by atoms with Gasteiger partial charge in [-0.25, -0.2) is 0 Å². The molecule has 1 amide bonds. The summed E-state index contributed by atoms with van der Waals surface area (Å²) in [6, 6.07) is -0.548. The number of allylic oxidation sites excluding steroid dienone is 2. The monoisotopic (exact) mass is 1030 g/mol. The van der Waals surface area contributed by atoms with Gasteiger partial charge in [0.1, 0.15) is 0 Å². The van der Waals surface area contributed by atoms with E-state index >= 15 is 0 Å². The molecule has 2 atom stereocenters. The zero-order chi connectivity index (χ0) is 52.9. The van der Waals surface area contributed by atoms with Crippen LogP contribution in [0.2, 0.25) is 0 Å². The summed E-state index contributed by atoms with van der Waals surface area (Å²) in [6.07, 6.45) is 76.6. The number of nitrogens with one attached hydrogen (secondary N) is 1. The number of aliphatic hydroxyl groups is 2. The van der Waals surface area contributed by atoms with Gasteiger partial charge in [0.15, 0.2) is 0 Å². The lowest BCUT2D eigenvalue weighted by molar-refractivity contribution is -0.143. The van der Waals surface area contributed by atoms with Crippen LogP contribution in [0.1, 0.15) is 380 Å². The number of amides is 1. The van der Waals surface area contributed by atoms with Crippen molar-refractivity contribution in [2.24, 2.45) is 0 Å². The number of rotatable bonds is 63. The summed E-state index contributed by atoms with van der Waals surface area (Å²) in [5.74, 6) is -0.0398. The molecular formula is C67H131NO5. The molecule has 73 heavy (non-hydrogen) atoms. The molecule has 0 aromatic heterocycles. The van der Waals surface area contributed by atoms with E-state index in [9.17, 15) is 19.8 Å². The lowest BCUT2D eigenvalue weighted by Crippen LogP contribution is -2.45. The molecule has 0 aliphatic rings. The van der Waals surface area contributed by atoms with Gasteiger partial charge in [-0.2, -0.15) is 0 Å². The van der Waals surface area contributed by atoms with E-state index in [0.29, 0.717) is 25.9 Å². The minimum atomic E-state index is -0.670. The largest absolute Gasteiger partial charge is 0.466 e. The summed E-state index contributed by atoms with van der Waals surface area (Å²) >= 11 is 0. The molecule has 0 aromatic rings. The lowest BCUT2D eigenvalue weighted by atomic mass is 10.0. The van der Waals surface area contributed by atoms with Crippen LogP contribution in [0, 0.1) is 0 Å². The third kappa shape index (κ3) is 59.7. The molecule has 0 rings (SSSR count). The van der Waals surface area contributed by atoms with Crippen LogP contribution < -0.4 is 5.32 Å². The molecule has 6 nitrogen and oxygen atoms in total. The van der Waals surface area contributed by atoms with Crippen LogP contribution in [-0.4, -0.2) is 47.4 Å². The molecule has 0 heterocycles. The van der Waals surface area contributed by atoms with E-state index in [2.05, 4.69) is 31.3 Å². The molecular weight excluding hydrogens is 899 g/mol. The van der Waals surface area contributed by atoms with E-state index in [1.54, 1.807) is 0 Å². The van der Waals surface area contributed by atoms with Crippen molar-refractivity contribution in [3.63, 3.8) is 0 Å². The highest BCUT2D eigenvalue weighted by Gasteiger charge is 2.20. The summed E-state index contributed by atoms with van der Waals surface area (Å²) in [5, 5.41) is 23.4. The second kappa shape index (κ2) is 63.1. The van der Waals surface area contributed by atoms with Crippen LogP contribution in [0.3, 0.4) is 0 Å². The first-order valence-electron chi connectivity index (χ1n) is 33.4. The number of carbonyl (C=O) groups is 2. The maximum Gasteiger partial charge on any atom is 0.305 e. The number of aliphatic hydroxyl groups excluding tert-OH is 2. The van der Waals surface area contributed by atoms with Gasteiger partial charge in [0.25, 0.3) is 0 Å². The van der Waals surface area contributed by atoms with Crippen LogP contribution in [0.4, 0.5) is 0 Å². The van der Waals surface area contributed by atoms with Crippen molar-refractivity contribution in [1.29, 1.82) is 0 Å². The van der Waals surface area contributed by atoms with Gasteiger partial charge in [0.05, 0.1) is 25.4 Å². The zero-order valence-electron chi connectivity index (χ0n) is 49.6. The molecule has 0 bridgehead atoms. The van der Waals surface area contributed by atoms with E-state index in [1.165, 1.54) is 302 Å². The Bertz CT molecular complexity index is 1100. The van der Waals surface area contributed by atoms with Crippen molar-refractivity contribution in [2.75, 3.05) is 13.2 Å². The maximum atomic E-state index is 12.5. The number of unbranched alkanes of at least 4 members (excludes halogenated alkanes) is 50. The third-order valence-corrected chi connectivity index (χ3v) is 15.8. The Morgan fingerprint density at radius 2 is 0.644 bits per heavy atom. The van der Waals surface area contributed by atoms with E-state index < -0.39 is 12.1 Å². The minimum absolute atomic E-state index is 0.00273. The van der Waals surface area contributed by atoms with Gasteiger partial charge in [0, 0.05) is 12.8 Å². The maximum absolute atomic E-state index is 12.5. The lowest BCUT2D eigenvalue weighted by Gasteiger charge is -2.22. The molecule has 0 saturated heterocycles. The number of ether oxygens (including phenoxy) is 1. The average Bonchev–Trinajstić information content (AvgIpc) is 3.39. The van der Waals surface area contributed by atoms with E-state index in [-0.39, 0.29) is 18.5 Å². The molecule has 0 spiro atoms. The molecule has 0 saturated carbocycles. The fraction of sp³-hybridized carbons (Fsp3) is 0.940. The smallest absolute Gasteiger partial charge is 0.305 e. The highest BCUT2D eigenvalue weighted by atomic mass is 16.5. The van der Waals surface area contributed by atoms with Crippen LogP contribution in [0.15, 0.2) is 12.2 Å². The van der Waals surface area contributed by atoms with Gasteiger partial charge < -0.3 is 20.3 Å². The van der Waals surface area contributed by atoms with Gasteiger partial charge >= 0.3 is 5.97 Å². The van der Waals surface area contributed by atoms with Crippen LogP contribution in [-0.2, 0) is 14.3 Å². The fourth-order valence-corrected chi connectivity index (χ4v) is 10.7. The zero-order valence-corrected chi connectivity index (χ0v) is 49.6. The predicted octanol–water partition coefficient (Wildman–Crippen LogP) is 21.2. The topological polar surface area (TPSA) is 95.9 Å². The molecule has 0 aliphatic heterocycles. The Labute approximate surface area is 457 Å². The molecule has 2 unspecified atom stereocenters. The quantitative estimate of drug-likeness (QED) is 0.0320. The number of hydrogen-bond acceptors (Lipinski definition) is 5. The average molecular weight is 1030 g/mol. The Morgan fingerprint density at radius 1 is 0.370 bits per heavy atom. The van der Waals surface area contributed by atoms with Crippen molar-refractivity contribution in [2.45, 2.75) is 392 Å².